The number of hydrogen-bond donors (Lipinski definition) is 1. The second-order valence-electron chi connectivity index (χ2n) is 7.20. The lowest BCUT2D eigenvalue weighted by Gasteiger charge is -2.10. The molecule has 154 valence electrons. The third-order valence-corrected chi connectivity index (χ3v) is 5.02. The lowest BCUT2D eigenvalue weighted by Crippen LogP contribution is -2.09. The van der Waals surface area contributed by atoms with Crippen LogP contribution in [-0.2, 0) is 6.54 Å². The van der Waals surface area contributed by atoms with Gasteiger partial charge in [0, 0.05) is 12.1 Å². The van der Waals surface area contributed by atoms with E-state index in [2.05, 4.69) is 46.5 Å². The van der Waals surface area contributed by atoms with Crippen molar-refractivity contribution in [1.29, 1.82) is 0 Å². The van der Waals surface area contributed by atoms with E-state index in [0.29, 0.717) is 29.8 Å². The number of nitrogens with one attached hydrogen (secondary N) is 1. The SMILES string of the molecule is COc1ccc(-c2c(C)nn3c(NCc4ccc(C)cc4)nc(C)nc23)cc1OC. The molecule has 2 aromatic carbocycles. The first kappa shape index (κ1) is 19.7. The number of hydrogen-bond acceptors (Lipinski definition) is 6. The van der Waals surface area contributed by atoms with Crippen LogP contribution in [-0.4, -0.2) is 33.8 Å². The number of aryl methyl sites for hydroxylation is 3. The van der Waals surface area contributed by atoms with Crippen molar-refractivity contribution in [2.45, 2.75) is 27.3 Å². The molecule has 7 heteroatoms. The molecule has 0 spiro atoms. The predicted octanol–water partition coefficient (Wildman–Crippen LogP) is 4.35. The van der Waals surface area contributed by atoms with Crippen molar-refractivity contribution in [3.8, 4) is 22.6 Å². The lowest BCUT2D eigenvalue weighted by atomic mass is 10.1. The summed E-state index contributed by atoms with van der Waals surface area (Å²) in [5.41, 5.74) is 5.93. The fraction of sp³-hybridized carbons (Fsp3) is 0.261. The first-order chi connectivity index (χ1) is 14.5. The van der Waals surface area contributed by atoms with E-state index in [4.69, 9.17) is 14.6 Å². The summed E-state index contributed by atoms with van der Waals surface area (Å²) in [4.78, 5) is 9.25. The molecule has 0 bridgehead atoms. The average Bonchev–Trinajstić information content (AvgIpc) is 3.08. The van der Waals surface area contributed by atoms with Crippen molar-refractivity contribution < 1.29 is 9.47 Å². The van der Waals surface area contributed by atoms with Crippen LogP contribution >= 0.6 is 0 Å². The summed E-state index contributed by atoms with van der Waals surface area (Å²) in [6, 6.07) is 14.2. The van der Waals surface area contributed by atoms with E-state index in [-0.39, 0.29) is 0 Å². The molecule has 0 amide bonds. The maximum atomic E-state index is 5.47. The number of aromatic nitrogens is 4. The molecule has 0 radical (unpaired) electrons. The zero-order chi connectivity index (χ0) is 21.3. The Bertz CT molecular complexity index is 1200. The van der Waals surface area contributed by atoms with Crippen molar-refractivity contribution in [3.05, 3.63) is 65.1 Å². The van der Waals surface area contributed by atoms with Crippen LogP contribution in [0, 0.1) is 20.8 Å². The van der Waals surface area contributed by atoms with Crippen LogP contribution in [0.1, 0.15) is 22.6 Å². The third kappa shape index (κ3) is 3.66. The molecule has 0 unspecified atom stereocenters. The van der Waals surface area contributed by atoms with Gasteiger partial charge in [0.1, 0.15) is 5.82 Å². The van der Waals surface area contributed by atoms with E-state index in [0.717, 1.165) is 22.5 Å². The van der Waals surface area contributed by atoms with E-state index in [1.807, 2.05) is 32.0 Å². The summed E-state index contributed by atoms with van der Waals surface area (Å²) in [5, 5.41) is 8.11. The first-order valence-electron chi connectivity index (χ1n) is 9.76. The number of benzene rings is 2. The first-order valence-corrected chi connectivity index (χ1v) is 9.76. The highest BCUT2D eigenvalue weighted by Crippen LogP contribution is 2.35. The molecule has 0 saturated carbocycles. The van der Waals surface area contributed by atoms with E-state index >= 15 is 0 Å². The summed E-state index contributed by atoms with van der Waals surface area (Å²) < 4.78 is 12.6. The second-order valence-corrected chi connectivity index (χ2v) is 7.20. The highest BCUT2D eigenvalue weighted by molar-refractivity contribution is 5.81. The van der Waals surface area contributed by atoms with Gasteiger partial charge in [-0.05, 0) is 44.0 Å². The van der Waals surface area contributed by atoms with Crippen molar-refractivity contribution in [2.75, 3.05) is 19.5 Å². The number of ether oxygens (including phenoxy) is 2. The number of anilines is 1. The van der Waals surface area contributed by atoms with Crippen molar-refractivity contribution in [2.24, 2.45) is 0 Å². The Morgan fingerprint density at radius 1 is 0.900 bits per heavy atom. The van der Waals surface area contributed by atoms with Gasteiger partial charge in [-0.3, -0.25) is 0 Å². The molecule has 30 heavy (non-hydrogen) atoms. The minimum Gasteiger partial charge on any atom is -0.493 e. The van der Waals surface area contributed by atoms with Gasteiger partial charge in [-0.15, -0.1) is 0 Å². The molecule has 0 aliphatic carbocycles. The summed E-state index contributed by atoms with van der Waals surface area (Å²) in [5.74, 6) is 2.68. The zero-order valence-electron chi connectivity index (χ0n) is 17.9. The Hall–Kier alpha value is -3.61. The summed E-state index contributed by atoms with van der Waals surface area (Å²) in [6.45, 7) is 6.59. The van der Waals surface area contributed by atoms with Gasteiger partial charge in [-0.2, -0.15) is 14.6 Å². The Morgan fingerprint density at radius 2 is 1.63 bits per heavy atom. The molecule has 2 aromatic heterocycles. The molecule has 0 atom stereocenters. The molecule has 0 fully saturated rings. The second kappa shape index (κ2) is 8.02. The van der Waals surface area contributed by atoms with Gasteiger partial charge in [0.15, 0.2) is 17.1 Å². The zero-order valence-corrected chi connectivity index (χ0v) is 17.9. The molecule has 1 N–H and O–H groups in total. The maximum absolute atomic E-state index is 5.47. The van der Waals surface area contributed by atoms with E-state index in [1.54, 1.807) is 18.7 Å². The minimum atomic E-state index is 0.649. The third-order valence-electron chi connectivity index (χ3n) is 5.02. The van der Waals surface area contributed by atoms with Gasteiger partial charge < -0.3 is 14.8 Å². The highest BCUT2D eigenvalue weighted by Gasteiger charge is 2.18. The molecule has 0 aliphatic heterocycles. The monoisotopic (exact) mass is 403 g/mol. The molecule has 0 aliphatic rings. The maximum Gasteiger partial charge on any atom is 0.227 e. The van der Waals surface area contributed by atoms with Crippen LogP contribution in [0.25, 0.3) is 16.8 Å². The highest BCUT2D eigenvalue weighted by atomic mass is 16.5. The average molecular weight is 403 g/mol. The normalized spacial score (nSPS) is 11.0. The van der Waals surface area contributed by atoms with Gasteiger partial charge in [0.25, 0.3) is 0 Å². The number of nitrogens with zero attached hydrogens (tertiary/aromatic N) is 4. The van der Waals surface area contributed by atoms with Crippen LogP contribution in [0.3, 0.4) is 0 Å². The summed E-state index contributed by atoms with van der Waals surface area (Å²) in [7, 11) is 3.25. The molecule has 2 heterocycles. The number of fused-ring (bicyclic) bond motifs is 1. The van der Waals surface area contributed by atoms with Gasteiger partial charge in [-0.1, -0.05) is 35.9 Å². The van der Waals surface area contributed by atoms with Crippen molar-refractivity contribution >= 4 is 11.6 Å². The fourth-order valence-corrected chi connectivity index (χ4v) is 3.48. The summed E-state index contributed by atoms with van der Waals surface area (Å²) >= 11 is 0. The van der Waals surface area contributed by atoms with Gasteiger partial charge >= 0.3 is 0 Å². The minimum absolute atomic E-state index is 0.649. The van der Waals surface area contributed by atoms with Crippen molar-refractivity contribution in [1.82, 2.24) is 19.6 Å². The quantitative estimate of drug-likeness (QED) is 0.516. The van der Waals surface area contributed by atoms with Crippen LogP contribution in [0.2, 0.25) is 0 Å². The van der Waals surface area contributed by atoms with Crippen molar-refractivity contribution in [3.63, 3.8) is 0 Å². The molecular formula is C23H25N5O2. The van der Waals surface area contributed by atoms with Crippen LogP contribution in [0.15, 0.2) is 42.5 Å². The van der Waals surface area contributed by atoms with Gasteiger partial charge in [0.2, 0.25) is 5.95 Å². The molecule has 4 aromatic rings. The fourth-order valence-electron chi connectivity index (χ4n) is 3.48. The van der Waals surface area contributed by atoms with Gasteiger partial charge in [0.05, 0.1) is 19.9 Å². The largest absolute Gasteiger partial charge is 0.493 e. The van der Waals surface area contributed by atoms with E-state index < -0.39 is 0 Å². The standard InChI is InChI=1S/C23H25N5O2/c1-14-6-8-17(9-7-14)13-24-23-26-16(3)25-22-21(15(2)27-28(22)23)18-10-11-19(29-4)20(12-18)30-5/h6-12H,13H2,1-5H3,(H,24,25,26). The van der Waals surface area contributed by atoms with Crippen LogP contribution < -0.4 is 14.8 Å². The van der Waals surface area contributed by atoms with Crippen LogP contribution in [0.5, 0.6) is 11.5 Å². The Balaban J connectivity index is 1.76. The van der Waals surface area contributed by atoms with E-state index in [1.165, 1.54) is 11.1 Å². The Morgan fingerprint density at radius 3 is 2.33 bits per heavy atom. The molecule has 4 rings (SSSR count). The number of rotatable bonds is 6. The Labute approximate surface area is 175 Å². The number of methoxy groups -OCH3 is 2. The lowest BCUT2D eigenvalue weighted by molar-refractivity contribution is 0.355. The predicted molar refractivity (Wildman–Crippen MR) is 117 cm³/mol. The van der Waals surface area contributed by atoms with Gasteiger partial charge in [-0.25, -0.2) is 4.98 Å². The molecule has 7 nitrogen and oxygen atoms in total. The molecule has 0 saturated heterocycles. The van der Waals surface area contributed by atoms with E-state index in [9.17, 15) is 0 Å². The van der Waals surface area contributed by atoms with Crippen LogP contribution in [0.4, 0.5) is 5.95 Å². The topological polar surface area (TPSA) is 73.6 Å². The molecular weight excluding hydrogens is 378 g/mol. The smallest absolute Gasteiger partial charge is 0.227 e. The summed E-state index contributed by atoms with van der Waals surface area (Å²) in [6.07, 6.45) is 0. The Kier molecular flexibility index (Phi) is 5.27.